The summed E-state index contributed by atoms with van der Waals surface area (Å²) < 4.78 is 42.2. The zero-order valence-electron chi connectivity index (χ0n) is 9.89. The maximum absolute atomic E-state index is 9.75. The van der Waals surface area contributed by atoms with Gasteiger partial charge in [0.25, 0.3) is 5.01 Å². The summed E-state index contributed by atoms with van der Waals surface area (Å²) in [6, 6.07) is 8.04. The van der Waals surface area contributed by atoms with E-state index in [9.17, 15) is 17.3 Å². The number of halogens is 7. The molecular weight excluding hydrogens is 359 g/mol. The second-order valence-corrected chi connectivity index (χ2v) is 5.86. The van der Waals surface area contributed by atoms with E-state index in [1.165, 1.54) is 0 Å². The van der Waals surface area contributed by atoms with Gasteiger partial charge in [-0.1, -0.05) is 58.3 Å². The van der Waals surface area contributed by atoms with Gasteiger partial charge in [-0.2, -0.15) is 4.57 Å². The van der Waals surface area contributed by atoms with E-state index in [0.717, 1.165) is 15.2 Å². The number of nitrogens with zero attached hydrogens (tertiary/aromatic N) is 1. The van der Waals surface area contributed by atoms with Gasteiger partial charge in [0.1, 0.15) is 16.2 Å². The molecule has 0 amide bonds. The summed E-state index contributed by atoms with van der Waals surface area (Å²) >= 11 is 18.9. The number of fused-ring (bicyclic) bond motifs is 1. The third-order valence-electron chi connectivity index (χ3n) is 2.09. The van der Waals surface area contributed by atoms with E-state index in [0.29, 0.717) is 5.03 Å². The van der Waals surface area contributed by atoms with Gasteiger partial charge in [0.15, 0.2) is 5.03 Å². The summed E-state index contributed by atoms with van der Waals surface area (Å²) in [7, 11) is -4.06. The molecule has 1 nitrogen and oxygen atoms in total. The molecule has 0 fully saturated rings. The van der Waals surface area contributed by atoms with Crippen LogP contribution in [0.2, 0.25) is 0 Å². The predicted molar refractivity (Wildman–Crippen MR) is 77.7 cm³/mol. The number of hydrogen-bond acceptors (Lipinski definition) is 1. The lowest BCUT2D eigenvalue weighted by molar-refractivity contribution is -0.642. The minimum Gasteiger partial charge on any atom is -0.418 e. The molecule has 1 heterocycles. The molecule has 10 heteroatoms. The van der Waals surface area contributed by atoms with Crippen molar-refractivity contribution in [2.45, 2.75) is 0 Å². The molecule has 2 rings (SSSR count). The van der Waals surface area contributed by atoms with Crippen molar-refractivity contribution in [1.82, 2.24) is 0 Å². The van der Waals surface area contributed by atoms with Crippen LogP contribution in [0.4, 0.5) is 17.3 Å². The first-order chi connectivity index (χ1) is 9.11. The zero-order chi connectivity index (χ0) is 15.5. The summed E-state index contributed by atoms with van der Waals surface area (Å²) in [6.07, 6.45) is 0. The van der Waals surface area contributed by atoms with Crippen molar-refractivity contribution < 1.29 is 21.8 Å². The number of para-hydroxylation sites is 1. The van der Waals surface area contributed by atoms with E-state index in [-0.39, 0.29) is 4.49 Å². The lowest BCUT2D eigenvalue weighted by Gasteiger charge is -1.94. The Morgan fingerprint density at radius 1 is 1.10 bits per heavy atom. The number of hydrogen-bond donors (Lipinski definition) is 0. The highest BCUT2D eigenvalue weighted by molar-refractivity contribution is 7.19. The smallest absolute Gasteiger partial charge is 0.418 e. The molecule has 0 aliphatic carbocycles. The number of aromatic nitrogens is 1. The molecule has 0 saturated carbocycles. The van der Waals surface area contributed by atoms with Crippen LogP contribution in [0.5, 0.6) is 0 Å². The summed E-state index contributed by atoms with van der Waals surface area (Å²) in [6.45, 7) is 0. The van der Waals surface area contributed by atoms with Gasteiger partial charge in [0, 0.05) is 6.07 Å². The number of thiazole rings is 1. The standard InChI is InChI=1S/C10H7Cl3NS.BF4/c1-14-6-4-2-3-5-7(6)15-10(14)8(11)9(12)13;2-1(3,4)5/h2-5H,1H3;/q+1;-1. The Labute approximate surface area is 131 Å². The van der Waals surface area contributed by atoms with Gasteiger partial charge in [-0.05, 0) is 6.07 Å². The van der Waals surface area contributed by atoms with Crippen LogP contribution in [-0.2, 0) is 7.05 Å². The van der Waals surface area contributed by atoms with Crippen molar-refractivity contribution in [3.63, 3.8) is 0 Å². The van der Waals surface area contributed by atoms with E-state index >= 15 is 0 Å². The number of benzene rings is 1. The molecule has 110 valence electrons. The fraction of sp³-hybridized carbons (Fsp3) is 0.100. The fourth-order valence-corrected chi connectivity index (χ4v) is 3.00. The molecular formula is C10H7BCl3F4NS. The van der Waals surface area contributed by atoms with Crippen LogP contribution in [0.3, 0.4) is 0 Å². The summed E-state index contributed by atoms with van der Waals surface area (Å²) in [5.41, 5.74) is 1.12. The first kappa shape index (κ1) is 17.6. The van der Waals surface area contributed by atoms with Crippen LogP contribution < -0.4 is 4.57 Å². The Morgan fingerprint density at radius 3 is 2.05 bits per heavy atom. The first-order valence-corrected chi connectivity index (χ1v) is 7.02. The second-order valence-electron chi connectivity index (χ2n) is 3.50. The van der Waals surface area contributed by atoms with Gasteiger partial charge in [0.2, 0.25) is 5.52 Å². The molecule has 0 saturated heterocycles. The summed E-state index contributed by atoms with van der Waals surface area (Å²) in [5.74, 6) is 0. The molecule has 0 aliphatic rings. The van der Waals surface area contributed by atoms with Crippen LogP contribution in [0, 0.1) is 0 Å². The van der Waals surface area contributed by atoms with Crippen molar-refractivity contribution in [2.24, 2.45) is 7.05 Å². The van der Waals surface area contributed by atoms with Gasteiger partial charge in [0.05, 0.1) is 0 Å². The highest BCUT2D eigenvalue weighted by Crippen LogP contribution is 2.32. The average Bonchev–Trinajstić information content (AvgIpc) is 2.64. The van der Waals surface area contributed by atoms with Gasteiger partial charge in [-0.25, -0.2) is 0 Å². The first-order valence-electron chi connectivity index (χ1n) is 5.07. The molecule has 0 radical (unpaired) electrons. The van der Waals surface area contributed by atoms with E-state index in [2.05, 4.69) is 0 Å². The predicted octanol–water partition coefficient (Wildman–Crippen LogP) is 5.37. The lowest BCUT2D eigenvalue weighted by Crippen LogP contribution is -2.29. The topological polar surface area (TPSA) is 3.88 Å². The lowest BCUT2D eigenvalue weighted by atomic mass is 10.3. The van der Waals surface area contributed by atoms with Gasteiger partial charge in [-0.3, -0.25) is 0 Å². The molecule has 0 spiro atoms. The van der Waals surface area contributed by atoms with E-state index < -0.39 is 7.25 Å². The SMILES string of the molecule is C[n+]1c(C(Cl)=C(Cl)Cl)sc2ccccc21.F[B-](F)(F)F. The molecule has 2 aromatic rings. The minimum atomic E-state index is -6.00. The van der Waals surface area contributed by atoms with Gasteiger partial charge in [-0.15, -0.1) is 0 Å². The Morgan fingerprint density at radius 2 is 1.60 bits per heavy atom. The molecule has 20 heavy (non-hydrogen) atoms. The van der Waals surface area contributed by atoms with E-state index in [1.807, 2.05) is 35.9 Å². The Kier molecular flexibility index (Phi) is 6.13. The van der Waals surface area contributed by atoms with Crippen molar-refractivity contribution in [1.29, 1.82) is 0 Å². The third-order valence-corrected chi connectivity index (χ3v) is 4.38. The quantitative estimate of drug-likeness (QED) is 0.363. The highest BCUT2D eigenvalue weighted by Gasteiger charge is 2.21. The minimum absolute atomic E-state index is 0.0961. The van der Waals surface area contributed by atoms with Gasteiger partial charge >= 0.3 is 7.25 Å². The molecule has 0 aliphatic heterocycles. The van der Waals surface area contributed by atoms with E-state index in [1.54, 1.807) is 11.3 Å². The second kappa shape index (κ2) is 6.98. The normalized spacial score (nSPS) is 11.0. The van der Waals surface area contributed by atoms with Crippen molar-refractivity contribution in [3.8, 4) is 0 Å². The third kappa shape index (κ3) is 5.12. The zero-order valence-corrected chi connectivity index (χ0v) is 13.0. The molecule has 0 bridgehead atoms. The van der Waals surface area contributed by atoms with Crippen LogP contribution >= 0.6 is 46.1 Å². The highest BCUT2D eigenvalue weighted by atomic mass is 35.5. The maximum Gasteiger partial charge on any atom is 0.673 e. The number of aryl methyl sites for hydroxylation is 1. The van der Waals surface area contributed by atoms with Crippen molar-refractivity contribution in [2.75, 3.05) is 0 Å². The molecule has 1 aromatic carbocycles. The summed E-state index contributed by atoms with van der Waals surface area (Å²) in [5, 5.41) is 1.25. The largest absolute Gasteiger partial charge is 0.673 e. The molecule has 0 atom stereocenters. The van der Waals surface area contributed by atoms with Crippen LogP contribution in [-0.4, -0.2) is 7.25 Å². The Bertz CT molecular complexity index is 631. The fourth-order valence-electron chi connectivity index (χ4n) is 1.38. The molecule has 1 aromatic heterocycles. The van der Waals surface area contributed by atoms with Crippen LogP contribution in [0.15, 0.2) is 28.8 Å². The van der Waals surface area contributed by atoms with Crippen molar-refractivity contribution >= 4 is 68.6 Å². The van der Waals surface area contributed by atoms with Gasteiger partial charge < -0.3 is 17.3 Å². The number of rotatable bonds is 1. The monoisotopic (exact) mass is 365 g/mol. The maximum atomic E-state index is 9.75. The Balaban J connectivity index is 0.000000347. The Hall–Kier alpha value is -0.495. The molecule has 0 N–H and O–H groups in total. The van der Waals surface area contributed by atoms with Crippen LogP contribution in [0.1, 0.15) is 5.01 Å². The summed E-state index contributed by atoms with van der Waals surface area (Å²) in [4.78, 5) is 0. The van der Waals surface area contributed by atoms with Crippen molar-refractivity contribution in [3.05, 3.63) is 33.8 Å². The molecule has 0 unspecified atom stereocenters. The van der Waals surface area contributed by atoms with Crippen LogP contribution in [0.25, 0.3) is 15.2 Å². The van der Waals surface area contributed by atoms with E-state index in [4.69, 9.17) is 34.8 Å². The average molecular weight is 366 g/mol.